The number of carbonyl (C=O) groups excluding carboxylic acids is 1. The Kier molecular flexibility index (Phi) is 5.41. The second-order valence-electron chi connectivity index (χ2n) is 5.89. The maximum Gasteiger partial charge on any atom is 0.410 e. The molecule has 0 aromatic rings. The van der Waals surface area contributed by atoms with Crippen LogP contribution in [0.1, 0.15) is 47.0 Å². The van der Waals surface area contributed by atoms with E-state index in [4.69, 9.17) is 4.74 Å². The standard InChI is InChI=1S/C13H26N2O3/c1-5-6-7-11-10-14(8-9-15(11)17)12(16)18-13(2,3)4/h11,17H,5-10H2,1-4H3. The fraction of sp³-hybridized carbons (Fsp3) is 0.923. The van der Waals surface area contributed by atoms with E-state index in [2.05, 4.69) is 6.92 Å². The molecule has 0 aromatic heterocycles. The molecule has 18 heavy (non-hydrogen) atoms. The summed E-state index contributed by atoms with van der Waals surface area (Å²) in [4.78, 5) is 13.6. The summed E-state index contributed by atoms with van der Waals surface area (Å²) < 4.78 is 5.35. The number of rotatable bonds is 3. The van der Waals surface area contributed by atoms with Gasteiger partial charge >= 0.3 is 6.09 Å². The molecule has 1 unspecified atom stereocenters. The van der Waals surface area contributed by atoms with Gasteiger partial charge in [0.2, 0.25) is 0 Å². The topological polar surface area (TPSA) is 53.0 Å². The molecule has 0 aliphatic carbocycles. The molecule has 106 valence electrons. The van der Waals surface area contributed by atoms with Crippen LogP contribution in [-0.2, 0) is 4.74 Å². The zero-order valence-electron chi connectivity index (χ0n) is 12.0. The fourth-order valence-corrected chi connectivity index (χ4v) is 2.02. The molecule has 0 saturated carbocycles. The van der Waals surface area contributed by atoms with Gasteiger partial charge in [0.05, 0.1) is 6.04 Å². The minimum atomic E-state index is -0.466. The highest BCUT2D eigenvalue weighted by Crippen LogP contribution is 2.16. The summed E-state index contributed by atoms with van der Waals surface area (Å²) in [6, 6.07) is 0.0335. The van der Waals surface area contributed by atoms with Crippen LogP contribution in [0.4, 0.5) is 4.79 Å². The third kappa shape index (κ3) is 4.82. The van der Waals surface area contributed by atoms with Gasteiger partial charge in [0.25, 0.3) is 0 Å². The molecule has 5 heteroatoms. The molecule has 1 heterocycles. The Labute approximate surface area is 110 Å². The lowest BCUT2D eigenvalue weighted by atomic mass is 10.1. The first kappa shape index (κ1) is 15.2. The van der Waals surface area contributed by atoms with Crippen molar-refractivity contribution >= 4 is 6.09 Å². The third-order valence-corrected chi connectivity index (χ3v) is 2.99. The van der Waals surface area contributed by atoms with Gasteiger partial charge in [-0.05, 0) is 27.2 Å². The molecule has 0 spiro atoms. The second-order valence-corrected chi connectivity index (χ2v) is 5.89. The van der Waals surface area contributed by atoms with Gasteiger partial charge in [-0.25, -0.2) is 4.79 Å². The molecule has 1 fully saturated rings. The maximum atomic E-state index is 11.9. The SMILES string of the molecule is CCCCC1CN(C(=O)OC(C)(C)C)CCN1O. The average Bonchev–Trinajstić information content (AvgIpc) is 2.25. The van der Waals surface area contributed by atoms with Crippen molar-refractivity contribution in [2.45, 2.75) is 58.6 Å². The molecule has 5 nitrogen and oxygen atoms in total. The number of ether oxygens (including phenoxy) is 1. The van der Waals surface area contributed by atoms with Crippen molar-refractivity contribution in [2.75, 3.05) is 19.6 Å². The number of carbonyl (C=O) groups is 1. The van der Waals surface area contributed by atoms with Crippen LogP contribution in [0, 0.1) is 0 Å². The summed E-state index contributed by atoms with van der Waals surface area (Å²) in [5.41, 5.74) is -0.466. The summed E-state index contributed by atoms with van der Waals surface area (Å²) in [6.45, 7) is 9.27. The van der Waals surface area contributed by atoms with Gasteiger partial charge in [-0.15, -0.1) is 0 Å². The fourth-order valence-electron chi connectivity index (χ4n) is 2.02. The Bertz CT molecular complexity index is 276. The first-order valence-electron chi connectivity index (χ1n) is 6.77. The Morgan fingerprint density at radius 3 is 2.61 bits per heavy atom. The molecule has 0 aromatic carbocycles. The summed E-state index contributed by atoms with van der Waals surface area (Å²) in [5, 5.41) is 11.1. The van der Waals surface area contributed by atoms with Gasteiger partial charge in [-0.3, -0.25) is 0 Å². The first-order chi connectivity index (χ1) is 8.33. The number of amides is 1. The molecule has 1 amide bonds. The van der Waals surface area contributed by atoms with Crippen LogP contribution < -0.4 is 0 Å². The van der Waals surface area contributed by atoms with E-state index in [1.807, 2.05) is 20.8 Å². The zero-order valence-corrected chi connectivity index (χ0v) is 12.0. The van der Waals surface area contributed by atoms with E-state index in [1.165, 1.54) is 5.06 Å². The van der Waals surface area contributed by atoms with Crippen molar-refractivity contribution in [1.82, 2.24) is 9.96 Å². The molecular weight excluding hydrogens is 232 g/mol. The van der Waals surface area contributed by atoms with Gasteiger partial charge < -0.3 is 14.8 Å². The lowest BCUT2D eigenvalue weighted by Crippen LogP contribution is -2.54. The Hall–Kier alpha value is -0.810. The summed E-state index contributed by atoms with van der Waals surface area (Å²) >= 11 is 0. The van der Waals surface area contributed by atoms with Crippen LogP contribution in [0.25, 0.3) is 0 Å². The Morgan fingerprint density at radius 1 is 1.39 bits per heavy atom. The van der Waals surface area contributed by atoms with E-state index in [-0.39, 0.29) is 12.1 Å². The van der Waals surface area contributed by atoms with Crippen LogP contribution in [-0.4, -0.2) is 52.5 Å². The second kappa shape index (κ2) is 6.38. The van der Waals surface area contributed by atoms with E-state index in [9.17, 15) is 10.0 Å². The van der Waals surface area contributed by atoms with Crippen molar-refractivity contribution in [3.8, 4) is 0 Å². The van der Waals surface area contributed by atoms with Crippen LogP contribution in [0.3, 0.4) is 0 Å². The van der Waals surface area contributed by atoms with E-state index in [0.717, 1.165) is 19.3 Å². The zero-order chi connectivity index (χ0) is 13.8. The van der Waals surface area contributed by atoms with Crippen LogP contribution >= 0.6 is 0 Å². The lowest BCUT2D eigenvalue weighted by Gasteiger charge is -2.38. The van der Waals surface area contributed by atoms with Gasteiger partial charge in [0.15, 0.2) is 0 Å². The molecule has 1 aliphatic rings. The molecule has 1 atom stereocenters. The van der Waals surface area contributed by atoms with E-state index >= 15 is 0 Å². The van der Waals surface area contributed by atoms with Crippen molar-refractivity contribution in [1.29, 1.82) is 0 Å². The van der Waals surface area contributed by atoms with Crippen LogP contribution in [0.15, 0.2) is 0 Å². The van der Waals surface area contributed by atoms with Crippen molar-refractivity contribution in [2.24, 2.45) is 0 Å². The minimum absolute atomic E-state index is 0.0335. The average molecular weight is 258 g/mol. The number of hydroxylamine groups is 2. The highest BCUT2D eigenvalue weighted by molar-refractivity contribution is 5.68. The van der Waals surface area contributed by atoms with E-state index < -0.39 is 5.60 Å². The van der Waals surface area contributed by atoms with Crippen LogP contribution in [0.2, 0.25) is 0 Å². The Balaban J connectivity index is 2.50. The summed E-state index contributed by atoms with van der Waals surface area (Å²) in [7, 11) is 0. The molecule has 1 saturated heterocycles. The van der Waals surface area contributed by atoms with Gasteiger partial charge in [0, 0.05) is 19.6 Å². The molecule has 1 aliphatic heterocycles. The normalized spacial score (nSPS) is 22.1. The third-order valence-electron chi connectivity index (χ3n) is 2.99. The quantitative estimate of drug-likeness (QED) is 0.845. The van der Waals surface area contributed by atoms with Gasteiger partial charge in [0.1, 0.15) is 5.60 Å². The molecule has 1 rings (SSSR count). The van der Waals surface area contributed by atoms with Gasteiger partial charge in [-0.2, -0.15) is 5.06 Å². The minimum Gasteiger partial charge on any atom is -0.444 e. The monoisotopic (exact) mass is 258 g/mol. The van der Waals surface area contributed by atoms with E-state index in [0.29, 0.717) is 19.6 Å². The molecular formula is C13H26N2O3. The number of nitrogens with zero attached hydrogens (tertiary/aromatic N) is 2. The van der Waals surface area contributed by atoms with Crippen molar-refractivity contribution in [3.05, 3.63) is 0 Å². The molecule has 0 radical (unpaired) electrons. The van der Waals surface area contributed by atoms with Gasteiger partial charge in [-0.1, -0.05) is 19.8 Å². The smallest absolute Gasteiger partial charge is 0.410 e. The van der Waals surface area contributed by atoms with Crippen LogP contribution in [0.5, 0.6) is 0 Å². The highest BCUT2D eigenvalue weighted by Gasteiger charge is 2.30. The Morgan fingerprint density at radius 2 is 2.06 bits per heavy atom. The predicted molar refractivity (Wildman–Crippen MR) is 69.6 cm³/mol. The van der Waals surface area contributed by atoms with Crippen molar-refractivity contribution < 1.29 is 14.7 Å². The molecule has 1 N–H and O–H groups in total. The lowest BCUT2D eigenvalue weighted by molar-refractivity contribution is -0.155. The number of hydrogen-bond donors (Lipinski definition) is 1. The summed E-state index contributed by atoms with van der Waals surface area (Å²) in [6.07, 6.45) is 2.78. The summed E-state index contributed by atoms with van der Waals surface area (Å²) in [5.74, 6) is 0. The maximum absolute atomic E-state index is 11.9. The molecule has 0 bridgehead atoms. The van der Waals surface area contributed by atoms with E-state index in [1.54, 1.807) is 4.90 Å². The first-order valence-corrected chi connectivity index (χ1v) is 6.77. The largest absolute Gasteiger partial charge is 0.444 e. The number of unbranched alkanes of at least 4 members (excludes halogenated alkanes) is 1. The highest BCUT2D eigenvalue weighted by atomic mass is 16.6. The number of piperazine rings is 1. The number of hydrogen-bond acceptors (Lipinski definition) is 4. The van der Waals surface area contributed by atoms with Crippen molar-refractivity contribution in [3.63, 3.8) is 0 Å². The predicted octanol–water partition coefficient (Wildman–Crippen LogP) is 2.49.